The third kappa shape index (κ3) is 10.9. The van der Waals surface area contributed by atoms with Gasteiger partial charge in [-0.3, -0.25) is 4.79 Å². The van der Waals surface area contributed by atoms with Crippen molar-refractivity contribution in [2.24, 2.45) is 0 Å². The van der Waals surface area contributed by atoms with Gasteiger partial charge in [0.2, 0.25) is 15.9 Å². The fourth-order valence-corrected chi connectivity index (χ4v) is 9.55. The molecular weight excluding hydrogens is 725 g/mol. The first-order chi connectivity index (χ1) is 25.0. The number of para-hydroxylation sites is 2. The Morgan fingerprint density at radius 2 is 1.53 bits per heavy atom. The lowest BCUT2D eigenvalue weighted by Crippen LogP contribution is -2.33. The number of hydrogen-bond donors (Lipinski definition) is 1. The molecule has 0 bridgehead atoms. The van der Waals surface area contributed by atoms with E-state index >= 15 is 0 Å². The van der Waals surface area contributed by atoms with Crippen LogP contribution in [0.2, 0.25) is 51.4 Å². The van der Waals surface area contributed by atoms with Gasteiger partial charge in [0.1, 0.15) is 31.1 Å². The Morgan fingerprint density at radius 1 is 0.887 bits per heavy atom. The predicted octanol–water partition coefficient (Wildman–Crippen LogP) is 7.78. The Morgan fingerprint density at radius 3 is 2.19 bits per heavy atom. The highest BCUT2D eigenvalue weighted by atomic mass is 32.2. The Kier molecular flexibility index (Phi) is 13.0. The maximum absolute atomic E-state index is 13.6. The molecule has 286 valence electrons. The average molecular weight is 779 g/mol. The molecule has 1 aliphatic heterocycles. The predicted molar refractivity (Wildman–Crippen MR) is 213 cm³/mol. The minimum absolute atomic E-state index is 0.109. The molecule has 1 fully saturated rings. The molecular formula is C39H54N4O7SSi2. The lowest BCUT2D eigenvalue weighted by molar-refractivity contribution is -0.128. The number of aromatic nitrogens is 2. The number of hydrogen-bond acceptors (Lipinski definition) is 8. The lowest BCUT2D eigenvalue weighted by Gasteiger charge is -2.22. The highest BCUT2D eigenvalue weighted by Crippen LogP contribution is 2.38. The quantitative estimate of drug-likeness (QED) is 0.0851. The topological polar surface area (TPSA) is 129 Å². The number of sulfonamides is 1. The molecule has 53 heavy (non-hydrogen) atoms. The SMILES string of the molecule is Cc1cc(C[C@H](NC(=O)OCc2ccccc2)c2nc3ccccc3n2COCC[Si](C)(C)C)ccc1C1CC(=O)N(COCC[Si](C)(C)C)S1(=O)=O. The number of ether oxygens (including phenoxy) is 3. The first kappa shape index (κ1) is 40.4. The maximum atomic E-state index is 13.6. The van der Waals surface area contributed by atoms with Gasteiger partial charge in [0.15, 0.2) is 0 Å². The molecule has 1 aliphatic rings. The fraction of sp³-hybridized carbons (Fsp3) is 0.462. The van der Waals surface area contributed by atoms with Crippen molar-refractivity contribution in [3.63, 3.8) is 0 Å². The summed E-state index contributed by atoms with van der Waals surface area (Å²) in [5.74, 6) is 0.155. The molecule has 1 N–H and O–H groups in total. The van der Waals surface area contributed by atoms with Crippen LogP contribution in [0.3, 0.4) is 0 Å². The number of nitrogens with one attached hydrogen (secondary N) is 1. The molecule has 0 aliphatic carbocycles. The molecule has 1 unspecified atom stereocenters. The van der Waals surface area contributed by atoms with E-state index in [-0.39, 0.29) is 26.5 Å². The van der Waals surface area contributed by atoms with Crippen LogP contribution in [-0.2, 0) is 48.8 Å². The van der Waals surface area contributed by atoms with E-state index in [9.17, 15) is 18.0 Å². The molecule has 3 aromatic carbocycles. The van der Waals surface area contributed by atoms with Crippen LogP contribution < -0.4 is 5.32 Å². The average Bonchev–Trinajstić information content (AvgIpc) is 3.56. The second-order valence-corrected chi connectivity index (χ2v) is 29.5. The molecule has 11 nitrogen and oxygen atoms in total. The van der Waals surface area contributed by atoms with Crippen LogP contribution in [0.15, 0.2) is 72.8 Å². The first-order valence-electron chi connectivity index (χ1n) is 18.2. The first-order valence-corrected chi connectivity index (χ1v) is 27.2. The minimum atomic E-state index is -3.96. The van der Waals surface area contributed by atoms with E-state index in [1.807, 2.05) is 78.2 Å². The number of carbonyl (C=O) groups is 2. The number of aryl methyl sites for hydroxylation is 1. The van der Waals surface area contributed by atoms with Crippen molar-refractivity contribution in [3.05, 3.63) is 101 Å². The number of benzene rings is 3. The summed E-state index contributed by atoms with van der Waals surface area (Å²) >= 11 is 0. The van der Waals surface area contributed by atoms with Gasteiger partial charge in [0, 0.05) is 35.8 Å². The third-order valence-electron chi connectivity index (χ3n) is 9.35. The van der Waals surface area contributed by atoms with Crippen molar-refractivity contribution in [2.45, 2.75) is 95.8 Å². The van der Waals surface area contributed by atoms with E-state index in [2.05, 4.69) is 44.6 Å². The van der Waals surface area contributed by atoms with Crippen LogP contribution in [0.4, 0.5) is 4.79 Å². The summed E-state index contributed by atoms with van der Waals surface area (Å²) in [7, 11) is -6.65. The zero-order valence-electron chi connectivity index (χ0n) is 32.1. The molecule has 0 spiro atoms. The Hall–Kier alpha value is -3.83. The molecule has 2 amide bonds. The molecule has 1 saturated heterocycles. The number of fused-ring (bicyclic) bond motifs is 1. The second kappa shape index (κ2) is 17.1. The molecule has 0 radical (unpaired) electrons. The van der Waals surface area contributed by atoms with E-state index in [1.165, 1.54) is 0 Å². The smallest absolute Gasteiger partial charge is 0.408 e. The summed E-state index contributed by atoms with van der Waals surface area (Å²) in [6.07, 6.45) is -0.389. The van der Waals surface area contributed by atoms with Gasteiger partial charge in [-0.15, -0.1) is 0 Å². The summed E-state index contributed by atoms with van der Waals surface area (Å²) in [5.41, 5.74) is 4.69. The number of imidazole rings is 1. The molecule has 4 aromatic rings. The number of alkyl carbamates (subject to hydrolysis) is 1. The van der Waals surface area contributed by atoms with Crippen LogP contribution in [-0.4, -0.2) is 70.4 Å². The van der Waals surface area contributed by atoms with Gasteiger partial charge in [-0.1, -0.05) is 99.9 Å². The molecule has 2 heterocycles. The molecule has 2 atom stereocenters. The summed E-state index contributed by atoms with van der Waals surface area (Å²) < 4.78 is 47.6. The Bertz CT molecular complexity index is 1990. The monoisotopic (exact) mass is 778 g/mol. The zero-order chi connectivity index (χ0) is 38.4. The van der Waals surface area contributed by atoms with Gasteiger partial charge in [-0.2, -0.15) is 0 Å². The Labute approximate surface area is 316 Å². The normalized spacial score (nSPS) is 16.6. The van der Waals surface area contributed by atoms with Crippen molar-refractivity contribution >= 4 is 49.2 Å². The van der Waals surface area contributed by atoms with Gasteiger partial charge < -0.3 is 24.1 Å². The third-order valence-corrected chi connectivity index (χ3v) is 14.8. The summed E-state index contributed by atoms with van der Waals surface area (Å²) in [4.78, 5) is 31.3. The molecule has 1 aromatic heterocycles. The largest absolute Gasteiger partial charge is 0.445 e. The number of carbonyl (C=O) groups excluding carboxylic acids is 2. The summed E-state index contributed by atoms with van der Waals surface area (Å²) in [5, 5.41) is 2.07. The van der Waals surface area contributed by atoms with E-state index < -0.39 is 49.5 Å². The standard InChI is InChI=1S/C39H54N4O7SSi2/c1-29-23-31(17-18-32(29)36-25-37(44)43(51(36,46)47)28-49-20-22-53(5,6)7)24-34(41-39(45)50-26-30-13-9-8-10-14-30)38-40-33-15-11-12-16-35(33)42(38)27-48-19-21-52(2,3)4/h8-18,23,34,36H,19-22,24-28H2,1-7H3,(H,41,45)/t34-,36?/m0/s1. The van der Waals surface area contributed by atoms with Crippen LogP contribution >= 0.6 is 0 Å². The van der Waals surface area contributed by atoms with Crippen molar-refractivity contribution in [1.29, 1.82) is 0 Å². The van der Waals surface area contributed by atoms with E-state index in [0.717, 1.165) is 44.1 Å². The van der Waals surface area contributed by atoms with Gasteiger partial charge in [0.25, 0.3) is 0 Å². The maximum Gasteiger partial charge on any atom is 0.408 e. The van der Waals surface area contributed by atoms with E-state index in [4.69, 9.17) is 19.2 Å². The highest BCUT2D eigenvalue weighted by Gasteiger charge is 2.46. The zero-order valence-corrected chi connectivity index (χ0v) is 34.9. The minimum Gasteiger partial charge on any atom is -0.445 e. The van der Waals surface area contributed by atoms with Crippen LogP contribution in [0.5, 0.6) is 0 Å². The number of rotatable bonds is 17. The lowest BCUT2D eigenvalue weighted by atomic mass is 9.97. The van der Waals surface area contributed by atoms with Crippen molar-refractivity contribution in [2.75, 3.05) is 19.9 Å². The van der Waals surface area contributed by atoms with Crippen LogP contribution in [0.25, 0.3) is 11.0 Å². The van der Waals surface area contributed by atoms with E-state index in [1.54, 1.807) is 6.07 Å². The number of amides is 2. The summed E-state index contributed by atoms with van der Waals surface area (Å²) in [6.45, 7) is 16.6. The van der Waals surface area contributed by atoms with Gasteiger partial charge in [-0.05, 0) is 53.4 Å². The molecule has 0 saturated carbocycles. The van der Waals surface area contributed by atoms with Gasteiger partial charge in [0.05, 0.1) is 23.5 Å². The summed E-state index contributed by atoms with van der Waals surface area (Å²) in [6, 6.07) is 24.1. The number of nitrogens with zero attached hydrogens (tertiary/aromatic N) is 3. The van der Waals surface area contributed by atoms with E-state index in [0.29, 0.717) is 31.0 Å². The second-order valence-electron chi connectivity index (χ2n) is 16.2. The molecule has 14 heteroatoms. The van der Waals surface area contributed by atoms with Crippen molar-refractivity contribution < 1.29 is 32.2 Å². The fourth-order valence-electron chi connectivity index (χ4n) is 6.21. The highest BCUT2D eigenvalue weighted by molar-refractivity contribution is 7.90. The van der Waals surface area contributed by atoms with Gasteiger partial charge in [-0.25, -0.2) is 22.5 Å². The van der Waals surface area contributed by atoms with Crippen LogP contribution in [0.1, 0.15) is 45.8 Å². The van der Waals surface area contributed by atoms with Crippen LogP contribution in [0, 0.1) is 6.92 Å². The van der Waals surface area contributed by atoms with Crippen molar-refractivity contribution in [3.8, 4) is 0 Å². The molecule has 5 rings (SSSR count). The van der Waals surface area contributed by atoms with Crippen molar-refractivity contribution in [1.82, 2.24) is 19.2 Å². The Balaban J connectivity index is 1.39. The van der Waals surface area contributed by atoms with Gasteiger partial charge >= 0.3 is 6.09 Å².